The largest absolute Gasteiger partial charge is 0.489 e. The molecule has 1 fully saturated rings. The van der Waals surface area contributed by atoms with E-state index >= 15 is 0 Å². The predicted octanol–water partition coefficient (Wildman–Crippen LogP) is 11.1. The SMILES string of the molecule is C=CCO[C@@]12Oc3ccc(OCc4ccccc4F)cc3[C@H]3[C@H](CCCCO)[C@@H](CCCCO)C=C(C(=NOCc4ccccc4)C[C@@H]1N(Cc1cccc4ccccc14)C(=O)OCC)[C@H]32. The number of aliphatic hydroxyl groups excluding tert-OH is 2. The van der Waals surface area contributed by atoms with Crippen LogP contribution < -0.4 is 9.47 Å². The first-order chi connectivity index (χ1) is 32.4. The fourth-order valence-electron chi connectivity index (χ4n) is 10.4. The number of ether oxygens (including phenoxy) is 4. The molecule has 5 aromatic rings. The number of benzene rings is 5. The molecule has 5 aromatic carbocycles. The number of halogens is 1. The summed E-state index contributed by atoms with van der Waals surface area (Å²) < 4.78 is 41.7. The minimum atomic E-state index is -1.49. The molecule has 0 bridgehead atoms. The molecule has 1 amide bonds. The van der Waals surface area contributed by atoms with Crippen LogP contribution in [0.3, 0.4) is 0 Å². The fourth-order valence-corrected chi connectivity index (χ4v) is 10.4. The second-order valence-electron chi connectivity index (χ2n) is 17.4. The van der Waals surface area contributed by atoms with Crippen molar-refractivity contribution in [1.29, 1.82) is 0 Å². The highest BCUT2D eigenvalue weighted by Gasteiger charge is 2.65. The molecule has 0 radical (unpaired) electrons. The molecule has 6 atom stereocenters. The molecule has 0 unspecified atom stereocenters. The van der Waals surface area contributed by atoms with Crippen molar-refractivity contribution in [3.8, 4) is 11.5 Å². The van der Waals surface area contributed by atoms with E-state index < -0.39 is 23.8 Å². The van der Waals surface area contributed by atoms with Gasteiger partial charge in [0, 0.05) is 36.7 Å². The Bertz CT molecular complexity index is 2490. The van der Waals surface area contributed by atoms with Crippen LogP contribution in [0.15, 0.2) is 145 Å². The van der Waals surface area contributed by atoms with E-state index in [1.165, 1.54) is 6.07 Å². The zero-order chi connectivity index (χ0) is 45.9. The van der Waals surface area contributed by atoms with Crippen LogP contribution in [0, 0.1) is 23.6 Å². The van der Waals surface area contributed by atoms with Crippen LogP contribution in [0.25, 0.3) is 10.8 Å². The van der Waals surface area contributed by atoms with E-state index in [1.807, 2.05) is 72.8 Å². The summed E-state index contributed by atoms with van der Waals surface area (Å²) in [6.07, 6.45) is 8.14. The van der Waals surface area contributed by atoms with Crippen LogP contribution >= 0.6 is 0 Å². The van der Waals surface area contributed by atoms with Crippen LogP contribution in [0.2, 0.25) is 0 Å². The van der Waals surface area contributed by atoms with Gasteiger partial charge in [0.05, 0.1) is 31.4 Å². The molecule has 11 heteroatoms. The molecular formula is C55H61FN2O8. The number of aliphatic hydroxyl groups is 2. The smallest absolute Gasteiger partial charge is 0.410 e. The van der Waals surface area contributed by atoms with E-state index in [-0.39, 0.29) is 76.2 Å². The Labute approximate surface area is 387 Å². The van der Waals surface area contributed by atoms with Crippen LogP contribution in [-0.4, -0.2) is 65.2 Å². The normalized spacial score (nSPS) is 22.4. The van der Waals surface area contributed by atoms with E-state index in [1.54, 1.807) is 36.1 Å². The molecule has 0 spiro atoms. The van der Waals surface area contributed by atoms with Gasteiger partial charge >= 0.3 is 6.09 Å². The maximum Gasteiger partial charge on any atom is 0.410 e. The predicted molar refractivity (Wildman–Crippen MR) is 253 cm³/mol. The minimum Gasteiger partial charge on any atom is -0.489 e. The second-order valence-corrected chi connectivity index (χ2v) is 17.4. The molecule has 8 rings (SSSR count). The van der Waals surface area contributed by atoms with Crippen molar-refractivity contribution in [2.24, 2.45) is 22.9 Å². The van der Waals surface area contributed by atoms with Gasteiger partial charge in [-0.1, -0.05) is 121 Å². The standard InChI is InChI=1S/C55H61FN2O8/c1-3-31-64-55-51(58(54(61)62-4-2)35-41-23-16-22-39-19-8-10-24-44(39)41)34-49(57-65-36-38-17-6-5-7-18-38)46-32-40(20-12-14-29-59)45(25-13-15-30-60)52(53(46)55)47-33-43(27-28-50(47)66-55)63-37-42-21-9-11-26-48(42)56/h3,5-11,16-19,21-24,26-28,32-33,40,45,51-53,59-60H,1,4,12-15,20,25,29-31,34-37H2,2H3/t40-,45+,51-,52+,53+,55+/m0/s1. The van der Waals surface area contributed by atoms with Gasteiger partial charge in [-0.05, 0) is 96.2 Å². The van der Waals surface area contributed by atoms with Crippen molar-refractivity contribution in [2.75, 3.05) is 26.4 Å². The molecule has 10 nitrogen and oxygen atoms in total. The number of hydrogen-bond acceptors (Lipinski definition) is 9. The Balaban J connectivity index is 1.33. The molecule has 3 aliphatic rings. The third kappa shape index (κ3) is 10.0. The van der Waals surface area contributed by atoms with Crippen molar-refractivity contribution in [1.82, 2.24) is 4.90 Å². The number of carbonyl (C=O) groups excluding carboxylic acids is 1. The Morgan fingerprint density at radius 2 is 1.64 bits per heavy atom. The number of carbonyl (C=O) groups is 1. The third-order valence-electron chi connectivity index (χ3n) is 13.3. The van der Waals surface area contributed by atoms with Gasteiger partial charge < -0.3 is 34.0 Å². The quantitative estimate of drug-likeness (QED) is 0.0425. The Morgan fingerprint density at radius 1 is 0.894 bits per heavy atom. The van der Waals surface area contributed by atoms with Crippen LogP contribution in [0.1, 0.15) is 80.0 Å². The molecule has 2 N–H and O–H groups in total. The molecule has 346 valence electrons. The number of hydrogen-bond donors (Lipinski definition) is 2. The maximum absolute atomic E-state index is 14.9. The van der Waals surface area contributed by atoms with Crippen LogP contribution in [0.4, 0.5) is 9.18 Å². The fraction of sp³-hybridized carbons (Fsp3) is 0.382. The molecule has 1 heterocycles. The summed E-state index contributed by atoms with van der Waals surface area (Å²) in [6, 6.07) is 35.6. The van der Waals surface area contributed by atoms with E-state index in [9.17, 15) is 19.4 Å². The summed E-state index contributed by atoms with van der Waals surface area (Å²) in [6.45, 7) is 6.73. The molecule has 66 heavy (non-hydrogen) atoms. The zero-order valence-corrected chi connectivity index (χ0v) is 37.7. The molecule has 0 saturated heterocycles. The Kier molecular flexibility index (Phi) is 15.5. The first-order valence-electron chi connectivity index (χ1n) is 23.4. The lowest BCUT2D eigenvalue weighted by atomic mass is 9.55. The summed E-state index contributed by atoms with van der Waals surface area (Å²) in [5, 5.41) is 27.1. The van der Waals surface area contributed by atoms with Gasteiger partial charge in [-0.25, -0.2) is 9.18 Å². The van der Waals surface area contributed by atoms with E-state index in [4.69, 9.17) is 28.9 Å². The third-order valence-corrected chi connectivity index (χ3v) is 13.3. The van der Waals surface area contributed by atoms with Gasteiger partial charge in [0.15, 0.2) is 0 Å². The second kappa shape index (κ2) is 22.0. The van der Waals surface area contributed by atoms with Crippen molar-refractivity contribution >= 4 is 22.6 Å². The molecule has 0 aromatic heterocycles. The minimum absolute atomic E-state index is 0.000450. The highest BCUT2D eigenvalue weighted by Crippen LogP contribution is 2.62. The summed E-state index contributed by atoms with van der Waals surface area (Å²) >= 11 is 0. The van der Waals surface area contributed by atoms with Crippen LogP contribution in [-0.2, 0) is 34.1 Å². The van der Waals surface area contributed by atoms with E-state index in [2.05, 4.69) is 30.9 Å². The number of rotatable bonds is 21. The van der Waals surface area contributed by atoms with Crippen molar-refractivity contribution < 1.29 is 43.2 Å². The first kappa shape index (κ1) is 46.5. The number of unbranched alkanes of at least 4 members (excludes halogenated alkanes) is 2. The molecule has 1 aliphatic heterocycles. The van der Waals surface area contributed by atoms with Crippen molar-refractivity contribution in [3.63, 3.8) is 0 Å². The topological polar surface area (TPSA) is 119 Å². The lowest BCUT2D eigenvalue weighted by Crippen LogP contribution is -2.70. The van der Waals surface area contributed by atoms with Crippen molar-refractivity contribution in [3.05, 3.63) is 168 Å². The average Bonchev–Trinajstić information content (AvgIpc) is 3.34. The van der Waals surface area contributed by atoms with Gasteiger partial charge in [0.2, 0.25) is 5.79 Å². The van der Waals surface area contributed by atoms with E-state index in [0.29, 0.717) is 35.6 Å². The monoisotopic (exact) mass is 896 g/mol. The zero-order valence-electron chi connectivity index (χ0n) is 37.7. The lowest BCUT2D eigenvalue weighted by molar-refractivity contribution is -0.256. The maximum atomic E-state index is 14.9. The van der Waals surface area contributed by atoms with Gasteiger partial charge in [-0.3, -0.25) is 4.90 Å². The average molecular weight is 897 g/mol. The van der Waals surface area contributed by atoms with Crippen molar-refractivity contribution in [2.45, 2.75) is 89.4 Å². The van der Waals surface area contributed by atoms with Crippen LogP contribution in [0.5, 0.6) is 11.5 Å². The Hall–Kier alpha value is -6.01. The van der Waals surface area contributed by atoms with E-state index in [0.717, 1.165) is 58.7 Å². The molecule has 1 saturated carbocycles. The van der Waals surface area contributed by atoms with Gasteiger partial charge in [0.25, 0.3) is 0 Å². The number of allylic oxidation sites excluding steroid dienone is 1. The summed E-state index contributed by atoms with van der Waals surface area (Å²) in [5.74, 6) is -1.48. The molecule has 2 aliphatic carbocycles. The number of amides is 1. The number of oxime groups is 1. The highest BCUT2D eigenvalue weighted by molar-refractivity contribution is 6.03. The Morgan fingerprint density at radius 3 is 2.42 bits per heavy atom. The summed E-state index contributed by atoms with van der Waals surface area (Å²) in [5.41, 5.74) is 4.82. The first-order valence-corrected chi connectivity index (χ1v) is 23.4. The lowest BCUT2D eigenvalue weighted by Gasteiger charge is -2.59. The summed E-state index contributed by atoms with van der Waals surface area (Å²) in [4.78, 5) is 22.8. The van der Waals surface area contributed by atoms with Gasteiger partial charge in [-0.2, -0.15) is 0 Å². The number of nitrogens with zero attached hydrogens (tertiary/aromatic N) is 2. The highest BCUT2D eigenvalue weighted by atomic mass is 19.1. The van der Waals surface area contributed by atoms with Gasteiger partial charge in [-0.15, -0.1) is 6.58 Å². The summed E-state index contributed by atoms with van der Waals surface area (Å²) in [7, 11) is 0. The van der Waals surface area contributed by atoms with Gasteiger partial charge in [0.1, 0.15) is 36.6 Å². The molecular weight excluding hydrogens is 836 g/mol. The number of fused-ring (bicyclic) bond motifs is 3.